The van der Waals surface area contributed by atoms with Gasteiger partial charge < -0.3 is 20.1 Å². The lowest BCUT2D eigenvalue weighted by Gasteiger charge is -2.12. The van der Waals surface area contributed by atoms with Gasteiger partial charge >= 0.3 is 6.09 Å². The average Bonchev–Trinajstić information content (AvgIpc) is 2.74. The van der Waals surface area contributed by atoms with Gasteiger partial charge in [0.2, 0.25) is 0 Å². The first-order valence-electron chi connectivity index (χ1n) is 9.65. The van der Waals surface area contributed by atoms with Crippen LogP contribution in [0.15, 0.2) is 47.5 Å². The minimum absolute atomic E-state index is 0.486. The molecule has 0 unspecified atom stereocenters. The predicted octanol–water partition coefficient (Wildman–Crippen LogP) is 3.48. The van der Waals surface area contributed by atoms with Crippen molar-refractivity contribution in [1.82, 2.24) is 10.6 Å². The molecular weight excluding hydrogens is 368 g/mol. The highest BCUT2D eigenvalue weighted by Crippen LogP contribution is 2.19. The Balaban J connectivity index is 1.89. The zero-order valence-corrected chi connectivity index (χ0v) is 17.5. The fourth-order valence-electron chi connectivity index (χ4n) is 2.72. The number of carbonyl (C=O) groups excluding carboxylic acids is 1. The van der Waals surface area contributed by atoms with Crippen LogP contribution in [0.5, 0.6) is 5.75 Å². The first-order valence-corrected chi connectivity index (χ1v) is 9.65. The van der Waals surface area contributed by atoms with E-state index in [2.05, 4.69) is 43.9 Å². The largest absolute Gasteiger partial charge is 0.496 e. The summed E-state index contributed by atoms with van der Waals surface area (Å²) in [4.78, 5) is 15.9. The minimum Gasteiger partial charge on any atom is -0.496 e. The van der Waals surface area contributed by atoms with Gasteiger partial charge in [0.15, 0.2) is 5.96 Å². The number of hydrogen-bond donors (Lipinski definition) is 3. The summed E-state index contributed by atoms with van der Waals surface area (Å²) in [7, 11) is 3.03. The number of guanidine groups is 1. The number of benzene rings is 2. The van der Waals surface area contributed by atoms with E-state index in [1.807, 2.05) is 38.1 Å². The van der Waals surface area contributed by atoms with Gasteiger partial charge in [-0.3, -0.25) is 5.32 Å². The molecule has 1 amide bonds. The SMILES string of the molecule is CCNC(=NCc1ccc(NC(=O)OC)cc1)NCCc1ccc(C)c(OC)c1. The smallest absolute Gasteiger partial charge is 0.411 e. The Bertz CT molecular complexity index is 819. The standard InChI is InChI=1S/C22H30N4O3/c1-5-23-21(24-13-12-17-7-6-16(2)20(14-17)28-3)25-15-18-8-10-19(11-9-18)26-22(27)29-4/h6-11,14H,5,12-13,15H2,1-4H3,(H,26,27)(H2,23,24,25). The van der Waals surface area contributed by atoms with E-state index in [9.17, 15) is 4.79 Å². The number of aliphatic imine (C=N–C) groups is 1. The molecule has 0 bridgehead atoms. The third kappa shape index (κ3) is 7.37. The van der Waals surface area contributed by atoms with E-state index in [0.29, 0.717) is 12.2 Å². The van der Waals surface area contributed by atoms with Gasteiger partial charge in [0.25, 0.3) is 0 Å². The van der Waals surface area contributed by atoms with Crippen molar-refractivity contribution < 1.29 is 14.3 Å². The molecule has 2 aromatic rings. The van der Waals surface area contributed by atoms with Crippen LogP contribution in [0.4, 0.5) is 10.5 Å². The second-order valence-corrected chi connectivity index (χ2v) is 6.49. The summed E-state index contributed by atoms with van der Waals surface area (Å²) in [5, 5.41) is 9.25. The summed E-state index contributed by atoms with van der Waals surface area (Å²) in [6.07, 6.45) is 0.384. The minimum atomic E-state index is -0.486. The zero-order valence-electron chi connectivity index (χ0n) is 17.5. The zero-order chi connectivity index (χ0) is 21.1. The Morgan fingerprint density at radius 3 is 2.41 bits per heavy atom. The number of nitrogens with one attached hydrogen (secondary N) is 3. The maximum atomic E-state index is 11.2. The van der Waals surface area contributed by atoms with Gasteiger partial charge in [-0.05, 0) is 55.2 Å². The fraction of sp³-hybridized carbons (Fsp3) is 0.364. The molecule has 0 spiro atoms. The molecule has 0 heterocycles. The predicted molar refractivity (Wildman–Crippen MR) is 117 cm³/mol. The molecule has 0 saturated heterocycles. The Hall–Kier alpha value is -3.22. The van der Waals surface area contributed by atoms with Crippen LogP contribution in [-0.4, -0.2) is 39.4 Å². The number of methoxy groups -OCH3 is 2. The monoisotopic (exact) mass is 398 g/mol. The molecule has 0 fully saturated rings. The number of anilines is 1. The van der Waals surface area contributed by atoms with Crippen LogP contribution in [-0.2, 0) is 17.7 Å². The van der Waals surface area contributed by atoms with Gasteiger partial charge in [-0.15, -0.1) is 0 Å². The van der Waals surface area contributed by atoms with Crippen molar-refractivity contribution in [1.29, 1.82) is 0 Å². The maximum Gasteiger partial charge on any atom is 0.411 e. The maximum absolute atomic E-state index is 11.2. The van der Waals surface area contributed by atoms with Crippen molar-refractivity contribution in [2.24, 2.45) is 4.99 Å². The molecule has 29 heavy (non-hydrogen) atoms. The van der Waals surface area contributed by atoms with E-state index in [4.69, 9.17) is 4.74 Å². The molecule has 2 rings (SSSR count). The number of hydrogen-bond acceptors (Lipinski definition) is 4. The average molecular weight is 399 g/mol. The van der Waals surface area contributed by atoms with E-state index in [1.54, 1.807) is 7.11 Å². The second kappa shape index (κ2) is 11.6. The molecule has 0 radical (unpaired) electrons. The number of ether oxygens (including phenoxy) is 2. The van der Waals surface area contributed by atoms with Crippen molar-refractivity contribution >= 4 is 17.7 Å². The van der Waals surface area contributed by atoms with Gasteiger partial charge in [-0.1, -0.05) is 24.3 Å². The molecule has 0 aliphatic heterocycles. The third-order valence-corrected chi connectivity index (χ3v) is 4.33. The first kappa shape index (κ1) is 22.1. The Morgan fingerprint density at radius 2 is 1.76 bits per heavy atom. The molecule has 7 nitrogen and oxygen atoms in total. The summed E-state index contributed by atoms with van der Waals surface area (Å²) in [6.45, 7) is 6.16. The van der Waals surface area contributed by atoms with Crippen molar-refractivity contribution in [3.05, 3.63) is 59.2 Å². The summed E-state index contributed by atoms with van der Waals surface area (Å²) in [5.41, 5.74) is 4.07. The fourth-order valence-corrected chi connectivity index (χ4v) is 2.72. The number of aryl methyl sites for hydroxylation is 1. The highest BCUT2D eigenvalue weighted by atomic mass is 16.5. The van der Waals surface area contributed by atoms with Crippen molar-refractivity contribution in [2.45, 2.75) is 26.8 Å². The number of amides is 1. The lowest BCUT2D eigenvalue weighted by molar-refractivity contribution is 0.187. The van der Waals surface area contributed by atoms with E-state index in [1.165, 1.54) is 12.7 Å². The second-order valence-electron chi connectivity index (χ2n) is 6.49. The van der Waals surface area contributed by atoms with Crippen LogP contribution < -0.4 is 20.7 Å². The van der Waals surface area contributed by atoms with Gasteiger partial charge in [0, 0.05) is 18.8 Å². The molecule has 0 saturated carbocycles. The van der Waals surface area contributed by atoms with Crippen LogP contribution in [0, 0.1) is 6.92 Å². The van der Waals surface area contributed by atoms with E-state index >= 15 is 0 Å². The molecule has 0 aliphatic rings. The van der Waals surface area contributed by atoms with Gasteiger partial charge in [0.05, 0.1) is 20.8 Å². The van der Waals surface area contributed by atoms with Crippen LogP contribution >= 0.6 is 0 Å². The lowest BCUT2D eigenvalue weighted by Crippen LogP contribution is -2.38. The van der Waals surface area contributed by atoms with Crippen LogP contribution in [0.2, 0.25) is 0 Å². The van der Waals surface area contributed by atoms with Crippen LogP contribution in [0.25, 0.3) is 0 Å². The molecule has 3 N–H and O–H groups in total. The molecule has 156 valence electrons. The van der Waals surface area contributed by atoms with Gasteiger partial charge in [-0.2, -0.15) is 0 Å². The van der Waals surface area contributed by atoms with E-state index in [0.717, 1.165) is 42.3 Å². The highest BCUT2D eigenvalue weighted by Gasteiger charge is 2.03. The lowest BCUT2D eigenvalue weighted by atomic mass is 10.1. The topological polar surface area (TPSA) is 84.0 Å². The summed E-state index contributed by atoms with van der Waals surface area (Å²) >= 11 is 0. The molecule has 0 aromatic heterocycles. The molecule has 2 aromatic carbocycles. The molecular formula is C22H30N4O3. The Kier molecular flexibility index (Phi) is 8.82. The normalized spacial score (nSPS) is 11.0. The first-order chi connectivity index (χ1) is 14.0. The summed E-state index contributed by atoms with van der Waals surface area (Å²) < 4.78 is 9.97. The molecule has 0 atom stereocenters. The van der Waals surface area contributed by atoms with Crippen LogP contribution in [0.3, 0.4) is 0 Å². The van der Waals surface area contributed by atoms with Crippen molar-refractivity contribution in [2.75, 3.05) is 32.6 Å². The number of rotatable bonds is 8. The Labute approximate surface area is 172 Å². The molecule has 0 aliphatic carbocycles. The quantitative estimate of drug-likeness (QED) is 0.468. The van der Waals surface area contributed by atoms with Crippen LogP contribution in [0.1, 0.15) is 23.6 Å². The van der Waals surface area contributed by atoms with E-state index in [-0.39, 0.29) is 0 Å². The van der Waals surface area contributed by atoms with E-state index < -0.39 is 6.09 Å². The number of nitrogens with zero attached hydrogens (tertiary/aromatic N) is 1. The summed E-state index contributed by atoms with van der Waals surface area (Å²) in [6, 6.07) is 13.8. The summed E-state index contributed by atoms with van der Waals surface area (Å²) in [5.74, 6) is 1.68. The van der Waals surface area contributed by atoms with Gasteiger partial charge in [-0.25, -0.2) is 9.79 Å². The van der Waals surface area contributed by atoms with Gasteiger partial charge in [0.1, 0.15) is 5.75 Å². The highest BCUT2D eigenvalue weighted by molar-refractivity contribution is 5.84. The Morgan fingerprint density at radius 1 is 1.03 bits per heavy atom. The number of carbonyl (C=O) groups is 1. The molecule has 7 heteroatoms. The van der Waals surface area contributed by atoms with Crippen molar-refractivity contribution in [3.8, 4) is 5.75 Å². The third-order valence-electron chi connectivity index (χ3n) is 4.33. The van der Waals surface area contributed by atoms with Crippen molar-refractivity contribution in [3.63, 3.8) is 0 Å².